The molecule has 0 heterocycles. The minimum atomic E-state index is -0.0451. The van der Waals surface area contributed by atoms with Crippen LogP contribution in [0.25, 0.3) is 0 Å². The number of benzene rings is 1. The lowest BCUT2D eigenvalue weighted by Crippen LogP contribution is -2.28. The molecule has 0 aliphatic carbocycles. The molecular weight excluding hydrogens is 320 g/mol. The Morgan fingerprint density at radius 3 is 2.72 bits per heavy atom. The number of hydrogen-bond acceptors (Lipinski definition) is 3. The van der Waals surface area contributed by atoms with E-state index in [1.807, 2.05) is 25.1 Å². The van der Waals surface area contributed by atoms with E-state index in [0.29, 0.717) is 13.0 Å². The number of carbonyl (C=O) groups excluding carboxylic acids is 1. The molecule has 1 amide bonds. The summed E-state index contributed by atoms with van der Waals surface area (Å²) in [4.78, 5) is 11.4. The van der Waals surface area contributed by atoms with E-state index in [2.05, 4.69) is 21.2 Å². The molecule has 18 heavy (non-hydrogen) atoms. The lowest BCUT2D eigenvalue weighted by molar-refractivity contribution is -0.121. The third-order valence-electron chi connectivity index (χ3n) is 2.42. The molecular formula is C12H18BrClN2O2. The first kappa shape index (κ1) is 17.2. The summed E-state index contributed by atoms with van der Waals surface area (Å²) in [7, 11) is 1.62. The van der Waals surface area contributed by atoms with Crippen molar-refractivity contribution in [3.63, 3.8) is 0 Å². The van der Waals surface area contributed by atoms with E-state index in [1.165, 1.54) is 0 Å². The van der Waals surface area contributed by atoms with Gasteiger partial charge in [0.1, 0.15) is 5.75 Å². The van der Waals surface area contributed by atoms with E-state index in [1.54, 1.807) is 7.11 Å². The third kappa shape index (κ3) is 4.84. The maximum absolute atomic E-state index is 11.4. The van der Waals surface area contributed by atoms with Crippen LogP contribution in [0.3, 0.4) is 0 Å². The fourth-order valence-corrected chi connectivity index (χ4v) is 2.04. The molecule has 1 aromatic carbocycles. The van der Waals surface area contributed by atoms with Crippen LogP contribution in [-0.2, 0) is 4.79 Å². The van der Waals surface area contributed by atoms with Gasteiger partial charge in [0.25, 0.3) is 0 Å². The van der Waals surface area contributed by atoms with Crippen molar-refractivity contribution in [1.29, 1.82) is 0 Å². The van der Waals surface area contributed by atoms with Gasteiger partial charge < -0.3 is 15.8 Å². The van der Waals surface area contributed by atoms with Gasteiger partial charge in [-0.15, -0.1) is 12.4 Å². The lowest BCUT2D eigenvalue weighted by atomic mass is 10.1. The van der Waals surface area contributed by atoms with Gasteiger partial charge in [-0.25, -0.2) is 0 Å². The molecule has 0 aromatic heterocycles. The molecule has 3 N–H and O–H groups in total. The van der Waals surface area contributed by atoms with Crippen LogP contribution in [0.1, 0.15) is 24.9 Å². The minimum absolute atomic E-state index is 0. The Morgan fingerprint density at radius 1 is 1.56 bits per heavy atom. The summed E-state index contributed by atoms with van der Waals surface area (Å²) < 4.78 is 6.02. The van der Waals surface area contributed by atoms with Crippen molar-refractivity contribution in [2.45, 2.75) is 19.4 Å². The minimum Gasteiger partial charge on any atom is -0.496 e. The molecule has 0 aliphatic heterocycles. The second-order valence-corrected chi connectivity index (χ2v) is 4.58. The summed E-state index contributed by atoms with van der Waals surface area (Å²) >= 11 is 3.41. The molecule has 4 nitrogen and oxygen atoms in total. The van der Waals surface area contributed by atoms with Crippen LogP contribution in [-0.4, -0.2) is 19.6 Å². The maximum atomic E-state index is 11.4. The second kappa shape index (κ2) is 8.34. The van der Waals surface area contributed by atoms with E-state index >= 15 is 0 Å². The molecule has 0 aliphatic rings. The van der Waals surface area contributed by atoms with Crippen LogP contribution in [0.15, 0.2) is 22.7 Å². The molecule has 0 radical (unpaired) electrons. The van der Waals surface area contributed by atoms with Crippen molar-refractivity contribution in [2.75, 3.05) is 13.7 Å². The Hall–Kier alpha value is -0.780. The number of rotatable bonds is 5. The highest BCUT2D eigenvalue weighted by Gasteiger charge is 2.10. The number of nitrogens with two attached hydrogens (primary N) is 1. The number of nitrogens with one attached hydrogen (secondary N) is 1. The topological polar surface area (TPSA) is 64.3 Å². The highest BCUT2D eigenvalue weighted by Crippen LogP contribution is 2.27. The van der Waals surface area contributed by atoms with Crippen molar-refractivity contribution in [3.8, 4) is 5.75 Å². The summed E-state index contributed by atoms with van der Waals surface area (Å²) in [6, 6.07) is 5.69. The molecule has 1 aromatic rings. The Kier molecular flexibility index (Phi) is 7.98. The van der Waals surface area contributed by atoms with Crippen molar-refractivity contribution in [3.05, 3.63) is 28.2 Å². The fourth-order valence-electron chi connectivity index (χ4n) is 1.48. The average molecular weight is 338 g/mol. The fraction of sp³-hybridized carbons (Fsp3) is 0.417. The van der Waals surface area contributed by atoms with E-state index in [0.717, 1.165) is 15.8 Å². The monoisotopic (exact) mass is 336 g/mol. The zero-order valence-corrected chi connectivity index (χ0v) is 12.8. The first-order chi connectivity index (χ1) is 8.08. The first-order valence-electron chi connectivity index (χ1n) is 5.41. The van der Waals surface area contributed by atoms with Crippen molar-refractivity contribution in [1.82, 2.24) is 5.32 Å². The van der Waals surface area contributed by atoms with Crippen LogP contribution < -0.4 is 15.8 Å². The number of ether oxygens (including phenoxy) is 1. The molecule has 1 unspecified atom stereocenters. The normalized spacial score (nSPS) is 11.3. The highest BCUT2D eigenvalue weighted by molar-refractivity contribution is 9.10. The predicted octanol–water partition coefficient (Wildman–Crippen LogP) is 2.41. The van der Waals surface area contributed by atoms with Gasteiger partial charge in [0, 0.05) is 13.0 Å². The van der Waals surface area contributed by atoms with E-state index in [9.17, 15) is 4.79 Å². The SMILES string of the molecule is COc1ccc(C(C)NC(=O)CCN)cc1Br.Cl. The van der Waals surface area contributed by atoms with E-state index < -0.39 is 0 Å². The van der Waals surface area contributed by atoms with Gasteiger partial charge in [-0.1, -0.05) is 6.07 Å². The molecule has 0 fully saturated rings. The zero-order chi connectivity index (χ0) is 12.8. The molecule has 6 heteroatoms. The second-order valence-electron chi connectivity index (χ2n) is 3.72. The van der Waals surface area contributed by atoms with Gasteiger partial charge >= 0.3 is 0 Å². The Bertz CT molecular complexity index is 402. The molecule has 1 rings (SSSR count). The number of carbonyl (C=O) groups is 1. The first-order valence-corrected chi connectivity index (χ1v) is 6.20. The molecule has 0 bridgehead atoms. The Balaban J connectivity index is 0.00000289. The van der Waals surface area contributed by atoms with E-state index in [-0.39, 0.29) is 24.4 Å². The molecule has 0 saturated heterocycles. The van der Waals surface area contributed by atoms with Gasteiger partial charge in [-0.3, -0.25) is 4.79 Å². The number of hydrogen-bond donors (Lipinski definition) is 2. The zero-order valence-electron chi connectivity index (χ0n) is 10.4. The van der Waals surface area contributed by atoms with E-state index in [4.69, 9.17) is 10.5 Å². The summed E-state index contributed by atoms with van der Waals surface area (Å²) in [6.07, 6.45) is 0.349. The lowest BCUT2D eigenvalue weighted by Gasteiger charge is -2.15. The quantitative estimate of drug-likeness (QED) is 0.867. The van der Waals surface area contributed by atoms with Crippen LogP contribution >= 0.6 is 28.3 Å². The third-order valence-corrected chi connectivity index (χ3v) is 3.04. The Labute approximate surface area is 122 Å². The molecule has 102 valence electrons. The van der Waals surface area contributed by atoms with Gasteiger partial charge in [-0.05, 0) is 40.5 Å². The van der Waals surface area contributed by atoms with Crippen molar-refractivity contribution in [2.24, 2.45) is 5.73 Å². The Morgan fingerprint density at radius 2 is 2.22 bits per heavy atom. The smallest absolute Gasteiger partial charge is 0.221 e. The van der Waals surface area contributed by atoms with Crippen LogP contribution in [0.5, 0.6) is 5.75 Å². The summed E-state index contributed by atoms with van der Waals surface area (Å²) in [5.74, 6) is 0.737. The van der Waals surface area contributed by atoms with Crippen molar-refractivity contribution < 1.29 is 9.53 Å². The van der Waals surface area contributed by atoms with Crippen molar-refractivity contribution >= 4 is 34.2 Å². The standard InChI is InChI=1S/C12H17BrN2O2.ClH/c1-8(15-12(16)5-6-14)9-3-4-11(17-2)10(13)7-9;/h3-4,7-8H,5-6,14H2,1-2H3,(H,15,16);1H. The molecule has 1 atom stereocenters. The number of amides is 1. The highest BCUT2D eigenvalue weighted by atomic mass is 79.9. The number of methoxy groups -OCH3 is 1. The van der Waals surface area contributed by atoms with Gasteiger partial charge in [0.05, 0.1) is 17.6 Å². The van der Waals surface area contributed by atoms with Crippen LogP contribution in [0.2, 0.25) is 0 Å². The molecule has 0 saturated carbocycles. The maximum Gasteiger partial charge on any atom is 0.221 e. The van der Waals surface area contributed by atoms with Gasteiger partial charge in [-0.2, -0.15) is 0 Å². The number of halogens is 2. The van der Waals surface area contributed by atoms with Gasteiger partial charge in [0.2, 0.25) is 5.91 Å². The largest absolute Gasteiger partial charge is 0.496 e. The average Bonchev–Trinajstić information content (AvgIpc) is 2.29. The summed E-state index contributed by atoms with van der Waals surface area (Å²) in [6.45, 7) is 2.30. The van der Waals surface area contributed by atoms with Crippen LogP contribution in [0.4, 0.5) is 0 Å². The summed E-state index contributed by atoms with van der Waals surface area (Å²) in [5.41, 5.74) is 6.34. The van der Waals surface area contributed by atoms with Crippen LogP contribution in [0, 0.1) is 0 Å². The summed E-state index contributed by atoms with van der Waals surface area (Å²) in [5, 5.41) is 2.88. The van der Waals surface area contributed by atoms with Gasteiger partial charge in [0.15, 0.2) is 0 Å². The molecule has 0 spiro atoms. The predicted molar refractivity (Wildman–Crippen MR) is 78.2 cm³/mol.